The highest BCUT2D eigenvalue weighted by Crippen LogP contribution is 2.11. The van der Waals surface area contributed by atoms with Crippen LogP contribution >= 0.6 is 0 Å². The number of hydrogen-bond acceptors (Lipinski definition) is 2. The van der Waals surface area contributed by atoms with E-state index in [1.54, 1.807) is 12.1 Å². The third-order valence-electron chi connectivity index (χ3n) is 1.51. The number of nitrogens with two attached hydrogens (primary N) is 1. The van der Waals surface area contributed by atoms with E-state index in [2.05, 4.69) is 0 Å². The molecule has 58 valence electrons. The molecule has 0 aliphatic heterocycles. The lowest BCUT2D eigenvalue weighted by molar-refractivity contribution is -0.428. The molecule has 0 aromatic heterocycles. The lowest BCUT2D eigenvalue weighted by Gasteiger charge is -1.93. The topological polar surface area (TPSA) is 46.1 Å². The van der Waals surface area contributed by atoms with Crippen LogP contribution in [0, 0.1) is 4.91 Å². The summed E-state index contributed by atoms with van der Waals surface area (Å²) in [4.78, 5) is 10.8. The van der Waals surface area contributed by atoms with Crippen molar-refractivity contribution in [1.29, 1.82) is 0 Å². The van der Waals surface area contributed by atoms with Gasteiger partial charge in [-0.05, 0) is 5.56 Å². The fourth-order valence-corrected chi connectivity index (χ4v) is 0.879. The highest BCUT2D eigenvalue weighted by atomic mass is 16.3. The molecule has 11 heavy (non-hydrogen) atoms. The van der Waals surface area contributed by atoms with Crippen LogP contribution in [0.25, 0.3) is 0 Å². The van der Waals surface area contributed by atoms with Crippen LogP contribution in [0.2, 0.25) is 0 Å². The van der Waals surface area contributed by atoms with Gasteiger partial charge >= 0.3 is 0 Å². The Bertz CT molecular complexity index is 271. The SMILES string of the molecule is C[N+](=O)c1cccc(CN)c1. The number of hydrogen-bond donors (Lipinski definition) is 1. The molecule has 0 fully saturated rings. The second-order valence-electron chi connectivity index (χ2n) is 2.37. The van der Waals surface area contributed by atoms with Gasteiger partial charge in [-0.25, -0.2) is 0 Å². The molecule has 0 radical (unpaired) electrons. The molecule has 1 aromatic carbocycles. The van der Waals surface area contributed by atoms with Crippen molar-refractivity contribution in [1.82, 2.24) is 0 Å². The van der Waals surface area contributed by atoms with Crippen LogP contribution in [-0.4, -0.2) is 11.8 Å². The number of nitrogens with zero attached hydrogens (tertiary/aromatic N) is 1. The Hall–Kier alpha value is -1.22. The Balaban J connectivity index is 3.01. The lowest BCUT2D eigenvalue weighted by Crippen LogP contribution is -1.97. The van der Waals surface area contributed by atoms with Gasteiger partial charge in [-0.15, -0.1) is 0 Å². The summed E-state index contributed by atoms with van der Waals surface area (Å²) >= 11 is 0. The zero-order chi connectivity index (χ0) is 8.27. The Morgan fingerprint density at radius 1 is 1.55 bits per heavy atom. The van der Waals surface area contributed by atoms with Gasteiger partial charge in [0.05, 0.1) is 0 Å². The maximum atomic E-state index is 10.8. The summed E-state index contributed by atoms with van der Waals surface area (Å²) in [5.41, 5.74) is 7.02. The van der Waals surface area contributed by atoms with E-state index in [1.807, 2.05) is 12.1 Å². The molecule has 0 atom stereocenters. The van der Waals surface area contributed by atoms with Gasteiger partial charge in [-0.1, -0.05) is 12.1 Å². The minimum atomic E-state index is 0.474. The lowest BCUT2D eigenvalue weighted by atomic mass is 10.2. The number of benzene rings is 1. The van der Waals surface area contributed by atoms with Gasteiger partial charge in [0, 0.05) is 28.3 Å². The summed E-state index contributed by atoms with van der Waals surface area (Å²) in [7, 11) is 1.47. The van der Waals surface area contributed by atoms with Crippen LogP contribution in [0.3, 0.4) is 0 Å². The normalized spacial score (nSPS) is 9.64. The minimum Gasteiger partial charge on any atom is -0.326 e. The standard InChI is InChI=1S/C8H11N2O/c1-10(11)8-4-2-3-7(5-8)6-9/h2-5H,6,9H2,1H3/q+1. The minimum absolute atomic E-state index is 0.474. The van der Waals surface area contributed by atoms with Crippen LogP contribution in [0.15, 0.2) is 24.3 Å². The Morgan fingerprint density at radius 3 is 2.82 bits per heavy atom. The predicted octanol–water partition coefficient (Wildman–Crippen LogP) is 1.19. The third kappa shape index (κ3) is 1.85. The van der Waals surface area contributed by atoms with Crippen LogP contribution in [-0.2, 0) is 6.54 Å². The van der Waals surface area contributed by atoms with E-state index < -0.39 is 0 Å². The number of nitroso groups, excluding NO2 is 1. The molecule has 0 saturated heterocycles. The molecule has 2 N–H and O–H groups in total. The first-order valence-corrected chi connectivity index (χ1v) is 3.44. The van der Waals surface area contributed by atoms with Gasteiger partial charge in [0.1, 0.15) is 0 Å². The van der Waals surface area contributed by atoms with Crippen molar-refractivity contribution in [3.05, 3.63) is 34.7 Å². The van der Waals surface area contributed by atoms with Crippen LogP contribution < -0.4 is 5.73 Å². The van der Waals surface area contributed by atoms with Crippen molar-refractivity contribution in [3.63, 3.8) is 0 Å². The maximum Gasteiger partial charge on any atom is 0.255 e. The highest BCUT2D eigenvalue weighted by molar-refractivity contribution is 5.33. The molecule has 3 heteroatoms. The summed E-state index contributed by atoms with van der Waals surface area (Å²) in [6.07, 6.45) is 0. The van der Waals surface area contributed by atoms with Gasteiger partial charge in [0.25, 0.3) is 5.69 Å². The third-order valence-corrected chi connectivity index (χ3v) is 1.51. The molecule has 0 amide bonds. The molecule has 1 rings (SSSR count). The summed E-state index contributed by atoms with van der Waals surface area (Å²) in [5, 5.41) is 0. The van der Waals surface area contributed by atoms with Crippen molar-refractivity contribution < 1.29 is 4.76 Å². The van der Waals surface area contributed by atoms with E-state index in [0.717, 1.165) is 10.3 Å². The molecular formula is C8H11N2O+. The Kier molecular flexibility index (Phi) is 2.33. The average molecular weight is 151 g/mol. The first-order valence-electron chi connectivity index (χ1n) is 3.44. The predicted molar refractivity (Wildman–Crippen MR) is 43.5 cm³/mol. The van der Waals surface area contributed by atoms with E-state index in [4.69, 9.17) is 5.73 Å². The molecule has 0 spiro atoms. The zero-order valence-corrected chi connectivity index (χ0v) is 6.45. The van der Waals surface area contributed by atoms with Crippen LogP contribution in [0.1, 0.15) is 5.56 Å². The second-order valence-corrected chi connectivity index (χ2v) is 2.37. The molecule has 0 unspecified atom stereocenters. The highest BCUT2D eigenvalue weighted by Gasteiger charge is 2.04. The van der Waals surface area contributed by atoms with Crippen molar-refractivity contribution in [2.75, 3.05) is 7.05 Å². The van der Waals surface area contributed by atoms with Gasteiger partial charge in [-0.2, -0.15) is 0 Å². The van der Waals surface area contributed by atoms with E-state index in [9.17, 15) is 4.91 Å². The van der Waals surface area contributed by atoms with Gasteiger partial charge in [0.15, 0.2) is 7.05 Å². The summed E-state index contributed by atoms with van der Waals surface area (Å²) < 4.78 is 0.819. The van der Waals surface area contributed by atoms with E-state index >= 15 is 0 Å². The number of rotatable bonds is 2. The van der Waals surface area contributed by atoms with Gasteiger partial charge < -0.3 is 5.73 Å². The van der Waals surface area contributed by atoms with Crippen LogP contribution in [0.4, 0.5) is 5.69 Å². The summed E-state index contributed by atoms with van der Waals surface area (Å²) in [5.74, 6) is 0. The average Bonchev–Trinajstić information content (AvgIpc) is 2.05. The van der Waals surface area contributed by atoms with Crippen molar-refractivity contribution in [2.45, 2.75) is 6.54 Å². The van der Waals surface area contributed by atoms with E-state index in [-0.39, 0.29) is 0 Å². The van der Waals surface area contributed by atoms with Gasteiger partial charge in [-0.3, -0.25) is 0 Å². The second kappa shape index (κ2) is 3.25. The quantitative estimate of drug-likeness (QED) is 0.645. The Labute approximate surface area is 65.4 Å². The zero-order valence-electron chi connectivity index (χ0n) is 6.45. The molecule has 0 aliphatic rings. The molecule has 3 nitrogen and oxygen atoms in total. The van der Waals surface area contributed by atoms with E-state index in [1.165, 1.54) is 7.05 Å². The first-order chi connectivity index (χ1) is 5.24. The molecule has 0 bridgehead atoms. The van der Waals surface area contributed by atoms with E-state index in [0.29, 0.717) is 12.2 Å². The van der Waals surface area contributed by atoms with Crippen molar-refractivity contribution in [2.24, 2.45) is 5.73 Å². The Morgan fingerprint density at radius 2 is 2.27 bits per heavy atom. The maximum absolute atomic E-state index is 10.8. The first kappa shape index (κ1) is 7.88. The van der Waals surface area contributed by atoms with Crippen molar-refractivity contribution in [3.8, 4) is 0 Å². The monoisotopic (exact) mass is 151 g/mol. The molecular weight excluding hydrogens is 140 g/mol. The summed E-state index contributed by atoms with van der Waals surface area (Å²) in [6.45, 7) is 0.474. The molecule has 0 saturated carbocycles. The fourth-order valence-electron chi connectivity index (χ4n) is 0.879. The van der Waals surface area contributed by atoms with Gasteiger partial charge in [0.2, 0.25) is 0 Å². The summed E-state index contributed by atoms with van der Waals surface area (Å²) in [6, 6.07) is 7.26. The molecule has 0 aliphatic carbocycles. The largest absolute Gasteiger partial charge is 0.326 e. The molecule has 0 heterocycles. The van der Waals surface area contributed by atoms with Crippen molar-refractivity contribution >= 4 is 5.69 Å². The van der Waals surface area contributed by atoms with Crippen LogP contribution in [0.5, 0.6) is 0 Å². The fraction of sp³-hybridized carbons (Fsp3) is 0.250. The smallest absolute Gasteiger partial charge is 0.255 e. The molecule has 1 aromatic rings.